The van der Waals surface area contributed by atoms with E-state index in [-0.39, 0.29) is 11.6 Å². The Bertz CT molecular complexity index is 511. The van der Waals surface area contributed by atoms with Crippen molar-refractivity contribution in [2.24, 2.45) is 0 Å². The second-order valence-corrected chi connectivity index (χ2v) is 4.84. The largest absolute Gasteiger partial charge is 0.339 e. The molecule has 7 heteroatoms. The van der Waals surface area contributed by atoms with Crippen LogP contribution in [0.2, 0.25) is 0 Å². The fourth-order valence-electron chi connectivity index (χ4n) is 1.59. The predicted molar refractivity (Wildman–Crippen MR) is 107 cm³/mol. The van der Waals surface area contributed by atoms with E-state index in [2.05, 4.69) is 20.8 Å². The number of aromatic nitrogens is 2. The number of aromatic amines is 1. The van der Waals surface area contributed by atoms with Crippen LogP contribution in [0.15, 0.2) is 6.07 Å². The quantitative estimate of drug-likeness (QED) is 0.733. The Labute approximate surface area is 158 Å². The number of H-pyrrole nitrogens is 1. The summed E-state index contributed by atoms with van der Waals surface area (Å²) in [6, 6.07) is 0.890. The van der Waals surface area contributed by atoms with Gasteiger partial charge >= 0.3 is 0 Å². The smallest absolute Gasteiger partial charge is 0.272 e. The highest BCUT2D eigenvalue weighted by Crippen LogP contribution is 2.11. The molecule has 1 aromatic heterocycles. The van der Waals surface area contributed by atoms with E-state index in [1.165, 1.54) is 6.92 Å². The van der Waals surface area contributed by atoms with Crippen molar-refractivity contribution in [1.82, 2.24) is 20.8 Å². The lowest BCUT2D eigenvalue weighted by atomic mass is 10.1. The van der Waals surface area contributed by atoms with Gasteiger partial charge < -0.3 is 5.32 Å². The third-order valence-electron chi connectivity index (χ3n) is 2.78. The zero-order valence-electron chi connectivity index (χ0n) is 18.1. The SMILES string of the molecule is CC.CC.CC.CCC(NC(=O)c1cc(C(C)C)[nH]n1)C(=O)NC(C)=O. The number of carbonyl (C=O) groups is 3. The summed E-state index contributed by atoms with van der Waals surface area (Å²) in [6.07, 6.45) is 0.381. The lowest BCUT2D eigenvalue weighted by Gasteiger charge is -2.14. The number of imide groups is 1. The van der Waals surface area contributed by atoms with E-state index in [1.54, 1.807) is 13.0 Å². The summed E-state index contributed by atoms with van der Waals surface area (Å²) < 4.78 is 0. The molecule has 0 aliphatic heterocycles. The zero-order valence-corrected chi connectivity index (χ0v) is 18.1. The number of amides is 3. The average molecular weight is 371 g/mol. The Morgan fingerprint density at radius 1 is 1.08 bits per heavy atom. The Kier molecular flexibility index (Phi) is 19.4. The maximum atomic E-state index is 12.0. The molecule has 1 heterocycles. The average Bonchev–Trinajstić information content (AvgIpc) is 3.14. The number of rotatable bonds is 5. The molecule has 152 valence electrons. The van der Waals surface area contributed by atoms with Gasteiger partial charge in [-0.15, -0.1) is 0 Å². The third-order valence-corrected chi connectivity index (χ3v) is 2.78. The molecule has 3 amide bonds. The van der Waals surface area contributed by atoms with E-state index >= 15 is 0 Å². The molecule has 0 aromatic carbocycles. The Hall–Kier alpha value is -2.18. The first-order valence-corrected chi connectivity index (χ1v) is 9.52. The molecule has 0 bridgehead atoms. The predicted octanol–water partition coefficient (Wildman–Crippen LogP) is 3.78. The Morgan fingerprint density at radius 2 is 1.58 bits per heavy atom. The molecular weight excluding hydrogens is 332 g/mol. The summed E-state index contributed by atoms with van der Waals surface area (Å²) in [4.78, 5) is 34.5. The molecule has 7 nitrogen and oxygen atoms in total. The molecule has 0 fully saturated rings. The molecule has 1 rings (SSSR count). The van der Waals surface area contributed by atoms with Crippen LogP contribution in [0.25, 0.3) is 0 Å². The highest BCUT2D eigenvalue weighted by Gasteiger charge is 2.21. The Morgan fingerprint density at radius 3 is 1.92 bits per heavy atom. The fraction of sp³-hybridized carbons (Fsp3) is 0.684. The standard InChI is InChI=1S/C13H20N4O3.3C2H6/c1-5-9(12(19)14-8(4)18)15-13(20)11-6-10(7(2)3)16-17-11;3*1-2/h6-7,9H,5H2,1-4H3,(H,15,20)(H,16,17)(H,14,18,19);3*1-2H3. The van der Waals surface area contributed by atoms with E-state index in [9.17, 15) is 14.4 Å². The van der Waals surface area contributed by atoms with E-state index in [4.69, 9.17) is 0 Å². The van der Waals surface area contributed by atoms with Crippen LogP contribution in [-0.2, 0) is 9.59 Å². The summed E-state index contributed by atoms with van der Waals surface area (Å²) in [5.74, 6) is -1.19. The highest BCUT2D eigenvalue weighted by molar-refractivity contribution is 6.00. The zero-order chi connectivity index (χ0) is 21.3. The van der Waals surface area contributed by atoms with Gasteiger partial charge in [0.25, 0.3) is 5.91 Å². The first-order valence-electron chi connectivity index (χ1n) is 9.52. The van der Waals surface area contributed by atoms with Gasteiger partial charge in [0.15, 0.2) is 0 Å². The lowest BCUT2D eigenvalue weighted by Crippen LogP contribution is -2.47. The van der Waals surface area contributed by atoms with Gasteiger partial charge in [-0.3, -0.25) is 24.8 Å². The second-order valence-electron chi connectivity index (χ2n) is 4.84. The minimum atomic E-state index is -0.759. The van der Waals surface area contributed by atoms with Gasteiger partial charge in [-0.2, -0.15) is 5.10 Å². The topological polar surface area (TPSA) is 104 Å². The van der Waals surface area contributed by atoms with Crippen LogP contribution in [0.4, 0.5) is 0 Å². The van der Waals surface area contributed by atoms with Crippen molar-refractivity contribution in [2.75, 3.05) is 0 Å². The Balaban J connectivity index is -0.000000795. The van der Waals surface area contributed by atoms with Crippen LogP contribution in [-0.4, -0.2) is 34.0 Å². The number of nitrogens with zero attached hydrogens (tertiary/aromatic N) is 1. The van der Waals surface area contributed by atoms with Crippen LogP contribution in [0, 0.1) is 0 Å². The maximum absolute atomic E-state index is 12.0. The summed E-state index contributed by atoms with van der Waals surface area (Å²) in [7, 11) is 0. The van der Waals surface area contributed by atoms with Crippen molar-refractivity contribution in [2.45, 2.75) is 87.6 Å². The summed E-state index contributed by atoms with van der Waals surface area (Å²) in [6.45, 7) is 18.9. The monoisotopic (exact) mass is 370 g/mol. The second kappa shape index (κ2) is 17.6. The van der Waals surface area contributed by atoms with Gasteiger partial charge in [-0.25, -0.2) is 0 Å². The van der Waals surface area contributed by atoms with Gasteiger partial charge in [-0.1, -0.05) is 62.3 Å². The van der Waals surface area contributed by atoms with Crippen LogP contribution in [0.3, 0.4) is 0 Å². The molecule has 1 atom stereocenters. The van der Waals surface area contributed by atoms with Crippen LogP contribution in [0.1, 0.15) is 97.8 Å². The summed E-state index contributed by atoms with van der Waals surface area (Å²) in [5, 5.41) is 11.4. The van der Waals surface area contributed by atoms with E-state index in [0.717, 1.165) is 5.69 Å². The number of hydrogen-bond donors (Lipinski definition) is 3. The van der Waals surface area contributed by atoms with Gasteiger partial charge in [0.1, 0.15) is 11.7 Å². The highest BCUT2D eigenvalue weighted by atomic mass is 16.2. The number of carbonyl (C=O) groups excluding carboxylic acids is 3. The summed E-state index contributed by atoms with van der Waals surface area (Å²) >= 11 is 0. The molecule has 26 heavy (non-hydrogen) atoms. The molecule has 0 radical (unpaired) electrons. The first-order chi connectivity index (χ1) is 12.3. The molecule has 0 saturated carbocycles. The summed E-state index contributed by atoms with van der Waals surface area (Å²) in [5.41, 5.74) is 1.07. The molecule has 1 aromatic rings. The minimum absolute atomic E-state index is 0.225. The lowest BCUT2D eigenvalue weighted by molar-refractivity contribution is -0.130. The van der Waals surface area contributed by atoms with Crippen molar-refractivity contribution in [3.05, 3.63) is 17.5 Å². The molecule has 1 unspecified atom stereocenters. The van der Waals surface area contributed by atoms with Crippen molar-refractivity contribution in [3.8, 4) is 0 Å². The van der Waals surface area contributed by atoms with Crippen LogP contribution < -0.4 is 10.6 Å². The number of hydrogen-bond acceptors (Lipinski definition) is 4. The van der Waals surface area contributed by atoms with Gasteiger partial charge in [-0.05, 0) is 18.4 Å². The molecular formula is C19H38N4O3. The van der Waals surface area contributed by atoms with Crippen LogP contribution in [0.5, 0.6) is 0 Å². The van der Waals surface area contributed by atoms with E-state index < -0.39 is 23.8 Å². The van der Waals surface area contributed by atoms with Crippen molar-refractivity contribution < 1.29 is 14.4 Å². The molecule has 0 aliphatic rings. The number of nitrogens with one attached hydrogen (secondary N) is 3. The van der Waals surface area contributed by atoms with Crippen molar-refractivity contribution >= 4 is 17.7 Å². The molecule has 0 spiro atoms. The van der Waals surface area contributed by atoms with Gasteiger partial charge in [0, 0.05) is 12.6 Å². The first kappa shape index (κ1) is 28.6. The fourth-order valence-corrected chi connectivity index (χ4v) is 1.59. The van der Waals surface area contributed by atoms with Gasteiger partial charge in [0.05, 0.1) is 0 Å². The third kappa shape index (κ3) is 11.4. The minimum Gasteiger partial charge on any atom is -0.339 e. The molecule has 0 aliphatic carbocycles. The van der Waals surface area contributed by atoms with E-state index in [1.807, 2.05) is 55.4 Å². The van der Waals surface area contributed by atoms with E-state index in [0.29, 0.717) is 6.42 Å². The molecule has 0 saturated heterocycles. The maximum Gasteiger partial charge on any atom is 0.272 e. The van der Waals surface area contributed by atoms with Crippen LogP contribution >= 0.6 is 0 Å². The van der Waals surface area contributed by atoms with Gasteiger partial charge in [0.2, 0.25) is 11.8 Å². The van der Waals surface area contributed by atoms with Crippen molar-refractivity contribution in [3.63, 3.8) is 0 Å². The normalized spacial score (nSPS) is 9.96. The van der Waals surface area contributed by atoms with Crippen molar-refractivity contribution in [1.29, 1.82) is 0 Å². The molecule has 3 N–H and O–H groups in total.